The van der Waals surface area contributed by atoms with Crippen LogP contribution in [-0.2, 0) is 19.5 Å². The molecule has 5 heteroatoms. The van der Waals surface area contributed by atoms with Gasteiger partial charge >= 0.3 is 0 Å². The van der Waals surface area contributed by atoms with Crippen LogP contribution in [0.25, 0.3) is 0 Å². The quantitative estimate of drug-likeness (QED) is 0.574. The van der Waals surface area contributed by atoms with Gasteiger partial charge in [-0.2, -0.15) is 5.10 Å². The highest BCUT2D eigenvalue weighted by molar-refractivity contribution is 7.98. The molecule has 0 amide bonds. The number of benzene rings is 2. The SMILES string of the molecule is CSc1ccc(CNC2CCCc3c2cnn3Cc2ccccc2)cc1.Cl. The van der Waals surface area contributed by atoms with E-state index in [-0.39, 0.29) is 12.4 Å². The lowest BCUT2D eigenvalue weighted by Crippen LogP contribution is -2.25. The highest BCUT2D eigenvalue weighted by Gasteiger charge is 2.23. The third kappa shape index (κ3) is 4.75. The molecule has 1 unspecified atom stereocenters. The molecular weight excluding hydrogens is 374 g/mol. The maximum absolute atomic E-state index is 4.69. The second-order valence-electron chi connectivity index (χ2n) is 6.86. The predicted octanol–water partition coefficient (Wildman–Crippen LogP) is 5.24. The van der Waals surface area contributed by atoms with E-state index in [0.717, 1.165) is 19.5 Å². The molecule has 0 fully saturated rings. The normalized spacial score (nSPS) is 15.8. The van der Waals surface area contributed by atoms with Crippen LogP contribution in [0, 0.1) is 0 Å². The van der Waals surface area contributed by atoms with Gasteiger partial charge in [-0.25, -0.2) is 0 Å². The number of halogens is 1. The lowest BCUT2D eigenvalue weighted by molar-refractivity contribution is 0.449. The van der Waals surface area contributed by atoms with E-state index >= 15 is 0 Å². The number of thioether (sulfide) groups is 1. The van der Waals surface area contributed by atoms with E-state index in [1.54, 1.807) is 11.8 Å². The van der Waals surface area contributed by atoms with Crippen molar-refractivity contribution < 1.29 is 0 Å². The molecule has 2 aromatic carbocycles. The van der Waals surface area contributed by atoms with Crippen molar-refractivity contribution in [2.24, 2.45) is 0 Å². The van der Waals surface area contributed by atoms with E-state index in [9.17, 15) is 0 Å². The monoisotopic (exact) mass is 399 g/mol. The number of fused-ring (bicyclic) bond motifs is 1. The predicted molar refractivity (Wildman–Crippen MR) is 116 cm³/mol. The van der Waals surface area contributed by atoms with Crippen LogP contribution in [0.3, 0.4) is 0 Å². The first kappa shape index (κ1) is 20.0. The van der Waals surface area contributed by atoms with E-state index in [0.29, 0.717) is 6.04 Å². The molecule has 0 aliphatic heterocycles. The standard InChI is InChI=1S/C22H25N3S.ClH/c1-26-19-12-10-17(11-13-19)14-23-21-8-5-9-22-20(21)15-24-25(22)16-18-6-3-2-4-7-18;/h2-4,6-7,10-13,15,21,23H,5,8-9,14,16H2,1H3;1H. The van der Waals surface area contributed by atoms with Crippen molar-refractivity contribution in [3.05, 3.63) is 83.2 Å². The number of aromatic nitrogens is 2. The van der Waals surface area contributed by atoms with Gasteiger partial charge in [-0.05, 0) is 48.8 Å². The molecule has 0 saturated carbocycles. The van der Waals surface area contributed by atoms with E-state index in [4.69, 9.17) is 5.10 Å². The molecule has 0 spiro atoms. The molecule has 142 valence electrons. The average Bonchev–Trinajstić information content (AvgIpc) is 3.11. The summed E-state index contributed by atoms with van der Waals surface area (Å²) >= 11 is 1.79. The third-order valence-electron chi connectivity index (χ3n) is 5.15. The molecule has 0 bridgehead atoms. The van der Waals surface area contributed by atoms with Crippen molar-refractivity contribution in [2.45, 2.75) is 43.3 Å². The van der Waals surface area contributed by atoms with Gasteiger partial charge < -0.3 is 5.32 Å². The molecule has 1 N–H and O–H groups in total. The van der Waals surface area contributed by atoms with Crippen LogP contribution in [0.2, 0.25) is 0 Å². The van der Waals surface area contributed by atoms with Gasteiger partial charge in [-0.3, -0.25) is 4.68 Å². The molecule has 3 nitrogen and oxygen atoms in total. The first-order valence-corrected chi connectivity index (χ1v) is 10.5. The number of rotatable bonds is 6. The maximum atomic E-state index is 4.69. The summed E-state index contributed by atoms with van der Waals surface area (Å²) in [6.45, 7) is 1.77. The molecule has 4 rings (SSSR count). The Bertz CT molecular complexity index is 846. The molecular formula is C22H26ClN3S. The Morgan fingerprint density at radius 3 is 2.59 bits per heavy atom. The number of hydrogen-bond acceptors (Lipinski definition) is 3. The first-order chi connectivity index (χ1) is 12.8. The van der Waals surface area contributed by atoms with Gasteiger partial charge in [0.25, 0.3) is 0 Å². The van der Waals surface area contributed by atoms with Crippen LogP contribution < -0.4 is 5.32 Å². The summed E-state index contributed by atoms with van der Waals surface area (Å²) in [6, 6.07) is 19.9. The maximum Gasteiger partial charge on any atom is 0.0662 e. The largest absolute Gasteiger partial charge is 0.306 e. The highest BCUT2D eigenvalue weighted by atomic mass is 35.5. The van der Waals surface area contributed by atoms with E-state index < -0.39 is 0 Å². The Kier molecular flexibility index (Phi) is 7.00. The van der Waals surface area contributed by atoms with Crippen molar-refractivity contribution in [3.8, 4) is 0 Å². The molecule has 27 heavy (non-hydrogen) atoms. The van der Waals surface area contributed by atoms with E-state index in [1.165, 1.54) is 40.1 Å². The summed E-state index contributed by atoms with van der Waals surface area (Å²) in [5.74, 6) is 0. The summed E-state index contributed by atoms with van der Waals surface area (Å²) in [4.78, 5) is 1.32. The molecule has 0 radical (unpaired) electrons. The van der Waals surface area contributed by atoms with Gasteiger partial charge in [-0.15, -0.1) is 24.2 Å². The van der Waals surface area contributed by atoms with Gasteiger partial charge in [-0.1, -0.05) is 42.5 Å². The average molecular weight is 400 g/mol. The fourth-order valence-corrected chi connectivity index (χ4v) is 4.12. The highest BCUT2D eigenvalue weighted by Crippen LogP contribution is 2.30. The van der Waals surface area contributed by atoms with Crippen molar-refractivity contribution in [1.29, 1.82) is 0 Å². The Balaban J connectivity index is 0.00000210. The number of nitrogens with one attached hydrogen (secondary N) is 1. The first-order valence-electron chi connectivity index (χ1n) is 9.28. The van der Waals surface area contributed by atoms with Gasteiger partial charge in [0.2, 0.25) is 0 Å². The van der Waals surface area contributed by atoms with Crippen LogP contribution >= 0.6 is 24.2 Å². The smallest absolute Gasteiger partial charge is 0.0662 e. The topological polar surface area (TPSA) is 29.9 Å². The second kappa shape index (κ2) is 9.45. The minimum Gasteiger partial charge on any atom is -0.306 e. The van der Waals surface area contributed by atoms with Gasteiger partial charge in [0, 0.05) is 28.7 Å². The molecule has 1 heterocycles. The lowest BCUT2D eigenvalue weighted by Gasteiger charge is -2.24. The minimum atomic E-state index is 0. The van der Waals surface area contributed by atoms with Gasteiger partial charge in [0.15, 0.2) is 0 Å². The van der Waals surface area contributed by atoms with Crippen molar-refractivity contribution >= 4 is 24.2 Å². The summed E-state index contributed by atoms with van der Waals surface area (Å²) < 4.78 is 2.19. The molecule has 0 saturated heterocycles. The van der Waals surface area contributed by atoms with Crippen molar-refractivity contribution in [1.82, 2.24) is 15.1 Å². The Hall–Kier alpha value is -1.75. The zero-order valence-corrected chi connectivity index (χ0v) is 17.2. The van der Waals surface area contributed by atoms with E-state index in [2.05, 4.69) is 77.0 Å². The van der Waals surface area contributed by atoms with Crippen LogP contribution in [0.5, 0.6) is 0 Å². The fourth-order valence-electron chi connectivity index (χ4n) is 3.71. The summed E-state index contributed by atoms with van der Waals surface area (Å²) in [5, 5.41) is 8.44. The zero-order chi connectivity index (χ0) is 17.8. The number of hydrogen-bond donors (Lipinski definition) is 1. The summed E-state index contributed by atoms with van der Waals surface area (Å²) in [6.07, 6.45) is 7.72. The Labute approximate surface area is 172 Å². The van der Waals surface area contributed by atoms with Crippen LogP contribution in [0.15, 0.2) is 65.7 Å². The second-order valence-corrected chi connectivity index (χ2v) is 7.74. The minimum absolute atomic E-state index is 0. The van der Waals surface area contributed by atoms with E-state index in [1.807, 2.05) is 0 Å². The Morgan fingerprint density at radius 1 is 1.07 bits per heavy atom. The molecule has 1 aromatic heterocycles. The van der Waals surface area contributed by atoms with Crippen LogP contribution in [-0.4, -0.2) is 16.0 Å². The van der Waals surface area contributed by atoms with Gasteiger partial charge in [0.1, 0.15) is 0 Å². The number of nitrogens with zero attached hydrogens (tertiary/aromatic N) is 2. The molecule has 1 aliphatic carbocycles. The van der Waals surface area contributed by atoms with Crippen molar-refractivity contribution in [2.75, 3.05) is 6.26 Å². The third-order valence-corrected chi connectivity index (χ3v) is 5.89. The van der Waals surface area contributed by atoms with Crippen LogP contribution in [0.4, 0.5) is 0 Å². The lowest BCUT2D eigenvalue weighted by atomic mass is 9.92. The Morgan fingerprint density at radius 2 is 1.85 bits per heavy atom. The van der Waals surface area contributed by atoms with Crippen molar-refractivity contribution in [3.63, 3.8) is 0 Å². The zero-order valence-electron chi connectivity index (χ0n) is 15.6. The fraction of sp³-hybridized carbons (Fsp3) is 0.318. The summed E-state index contributed by atoms with van der Waals surface area (Å²) in [7, 11) is 0. The summed E-state index contributed by atoms with van der Waals surface area (Å²) in [5.41, 5.74) is 5.43. The molecule has 1 atom stereocenters. The molecule has 1 aliphatic rings. The van der Waals surface area contributed by atoms with Gasteiger partial charge in [0.05, 0.1) is 12.7 Å². The van der Waals surface area contributed by atoms with Crippen LogP contribution in [0.1, 0.15) is 41.3 Å². The molecule has 3 aromatic rings.